The predicted molar refractivity (Wildman–Crippen MR) is 93.4 cm³/mol. The Hall–Kier alpha value is -1.14. The summed E-state index contributed by atoms with van der Waals surface area (Å²) >= 11 is 6.18. The Kier molecular flexibility index (Phi) is 6.11. The van der Waals surface area contributed by atoms with Crippen LogP contribution in [0.15, 0.2) is 24.3 Å². The summed E-state index contributed by atoms with van der Waals surface area (Å²) in [6, 6.07) is 8.07. The van der Waals surface area contributed by atoms with Crippen molar-refractivity contribution in [1.82, 2.24) is 10.6 Å². The van der Waals surface area contributed by atoms with Gasteiger partial charge in [-0.15, -0.1) is 0 Å². The summed E-state index contributed by atoms with van der Waals surface area (Å²) in [7, 11) is 0. The molecule has 0 spiro atoms. The number of morpholine rings is 1. The molecule has 24 heavy (non-hydrogen) atoms. The number of amides is 1. The normalized spacial score (nSPS) is 23.6. The zero-order valence-corrected chi connectivity index (χ0v) is 14.6. The van der Waals surface area contributed by atoms with Gasteiger partial charge in [0.25, 0.3) is 0 Å². The lowest BCUT2D eigenvalue weighted by Gasteiger charge is -2.38. The second-order valence-corrected chi connectivity index (χ2v) is 7.05. The van der Waals surface area contributed by atoms with Gasteiger partial charge in [-0.25, -0.2) is 0 Å². The van der Waals surface area contributed by atoms with Gasteiger partial charge in [-0.1, -0.05) is 23.7 Å². The van der Waals surface area contributed by atoms with Gasteiger partial charge in [-0.05, 0) is 30.5 Å². The van der Waals surface area contributed by atoms with Crippen molar-refractivity contribution in [3.05, 3.63) is 34.9 Å². The van der Waals surface area contributed by atoms with E-state index in [4.69, 9.17) is 21.1 Å². The first kappa shape index (κ1) is 17.7. The molecule has 6 heteroatoms. The zero-order valence-electron chi connectivity index (χ0n) is 13.9. The lowest BCUT2D eigenvalue weighted by molar-refractivity contribution is -0.122. The van der Waals surface area contributed by atoms with Crippen molar-refractivity contribution in [2.45, 2.75) is 30.7 Å². The third-order valence-corrected chi connectivity index (χ3v) is 5.18. The largest absolute Gasteiger partial charge is 0.381 e. The molecule has 0 radical (unpaired) electrons. The van der Waals surface area contributed by atoms with E-state index in [2.05, 4.69) is 16.7 Å². The summed E-state index contributed by atoms with van der Waals surface area (Å²) in [5, 5.41) is 7.17. The Balaban J connectivity index is 1.63. The second kappa shape index (κ2) is 8.30. The van der Waals surface area contributed by atoms with Crippen molar-refractivity contribution in [1.29, 1.82) is 0 Å². The molecule has 0 aliphatic carbocycles. The van der Waals surface area contributed by atoms with Crippen molar-refractivity contribution >= 4 is 17.5 Å². The summed E-state index contributed by atoms with van der Waals surface area (Å²) in [5.74, 6) is 0.0610. The minimum Gasteiger partial charge on any atom is -0.381 e. The van der Waals surface area contributed by atoms with E-state index >= 15 is 0 Å². The van der Waals surface area contributed by atoms with Gasteiger partial charge in [0.05, 0.1) is 13.2 Å². The number of hydrogen-bond acceptors (Lipinski definition) is 4. The number of carbonyl (C=O) groups is 1. The van der Waals surface area contributed by atoms with E-state index in [9.17, 15) is 4.79 Å². The van der Waals surface area contributed by atoms with E-state index in [0.29, 0.717) is 32.8 Å². The number of ether oxygens (including phenoxy) is 2. The molecule has 2 heterocycles. The second-order valence-electron chi connectivity index (χ2n) is 6.61. The maximum atomic E-state index is 12.3. The molecule has 2 N–H and O–H groups in total. The monoisotopic (exact) mass is 352 g/mol. The van der Waals surface area contributed by atoms with Gasteiger partial charge in [0.15, 0.2) is 0 Å². The molecule has 2 aliphatic rings. The smallest absolute Gasteiger partial charge is 0.221 e. The Morgan fingerprint density at radius 2 is 2.12 bits per heavy atom. The SMILES string of the molecule is O=C(CC1COCCN1)NCC1(c2cccc(Cl)c2)CCOCC1. The van der Waals surface area contributed by atoms with Crippen LogP contribution in [0.4, 0.5) is 0 Å². The third kappa shape index (κ3) is 4.48. The lowest BCUT2D eigenvalue weighted by Crippen LogP contribution is -2.48. The van der Waals surface area contributed by atoms with Crippen molar-refractivity contribution in [3.8, 4) is 0 Å². The van der Waals surface area contributed by atoms with E-state index < -0.39 is 0 Å². The fraction of sp³-hybridized carbons (Fsp3) is 0.611. The van der Waals surface area contributed by atoms with E-state index in [1.165, 1.54) is 5.56 Å². The van der Waals surface area contributed by atoms with Gasteiger partial charge < -0.3 is 20.1 Å². The van der Waals surface area contributed by atoms with Crippen molar-refractivity contribution < 1.29 is 14.3 Å². The van der Waals surface area contributed by atoms with Gasteiger partial charge in [-0.3, -0.25) is 4.79 Å². The third-order valence-electron chi connectivity index (χ3n) is 4.94. The molecule has 2 aliphatic heterocycles. The molecule has 132 valence electrons. The number of benzene rings is 1. The molecule has 2 saturated heterocycles. The molecule has 1 amide bonds. The molecule has 3 rings (SSSR count). The van der Waals surface area contributed by atoms with Gasteiger partial charge >= 0.3 is 0 Å². The Bertz CT molecular complexity index is 555. The lowest BCUT2D eigenvalue weighted by atomic mass is 9.74. The fourth-order valence-electron chi connectivity index (χ4n) is 3.46. The number of halogens is 1. The highest BCUT2D eigenvalue weighted by molar-refractivity contribution is 6.30. The maximum absolute atomic E-state index is 12.3. The van der Waals surface area contributed by atoms with Crippen LogP contribution in [0.2, 0.25) is 5.02 Å². The molecule has 5 nitrogen and oxygen atoms in total. The standard InChI is InChI=1S/C18H25ClN2O3/c19-15-3-1-2-14(10-15)18(4-7-23-8-5-18)13-21-17(22)11-16-12-24-9-6-20-16/h1-3,10,16,20H,4-9,11-13H2,(H,21,22). The molecule has 1 atom stereocenters. The van der Waals surface area contributed by atoms with Crippen LogP contribution in [-0.4, -0.2) is 51.5 Å². The number of nitrogens with one attached hydrogen (secondary N) is 2. The molecule has 1 aromatic rings. The number of carbonyl (C=O) groups excluding carboxylic acids is 1. The minimum absolute atomic E-state index is 0.0610. The highest BCUT2D eigenvalue weighted by Crippen LogP contribution is 2.35. The predicted octanol–water partition coefficient (Wildman–Crippen LogP) is 1.88. The number of rotatable bonds is 5. The summed E-state index contributed by atoms with van der Waals surface area (Å²) in [4.78, 5) is 12.3. The topological polar surface area (TPSA) is 59.6 Å². The first-order chi connectivity index (χ1) is 11.7. The number of hydrogen-bond donors (Lipinski definition) is 2. The average molecular weight is 353 g/mol. The Morgan fingerprint density at radius 1 is 1.29 bits per heavy atom. The quantitative estimate of drug-likeness (QED) is 0.849. The van der Waals surface area contributed by atoms with Crippen LogP contribution in [0, 0.1) is 0 Å². The summed E-state index contributed by atoms with van der Waals surface area (Å²) < 4.78 is 10.9. The molecule has 0 saturated carbocycles. The van der Waals surface area contributed by atoms with Crippen LogP contribution in [0.3, 0.4) is 0 Å². The highest BCUT2D eigenvalue weighted by atomic mass is 35.5. The van der Waals surface area contributed by atoms with Crippen LogP contribution in [-0.2, 0) is 19.7 Å². The Morgan fingerprint density at radius 3 is 2.83 bits per heavy atom. The van der Waals surface area contributed by atoms with E-state index in [-0.39, 0.29) is 17.4 Å². The van der Waals surface area contributed by atoms with Crippen molar-refractivity contribution in [2.75, 3.05) is 39.5 Å². The van der Waals surface area contributed by atoms with E-state index in [1.807, 2.05) is 18.2 Å². The van der Waals surface area contributed by atoms with Gasteiger partial charge in [0.1, 0.15) is 0 Å². The first-order valence-electron chi connectivity index (χ1n) is 8.60. The molecule has 2 fully saturated rings. The molecule has 1 unspecified atom stereocenters. The summed E-state index contributed by atoms with van der Waals surface area (Å²) in [6.45, 7) is 4.16. The molecular formula is C18H25ClN2O3. The molecule has 0 bridgehead atoms. The van der Waals surface area contributed by atoms with Gasteiger partial charge in [-0.2, -0.15) is 0 Å². The van der Waals surface area contributed by atoms with Crippen molar-refractivity contribution in [3.63, 3.8) is 0 Å². The Labute approximate surface area is 148 Å². The van der Waals surface area contributed by atoms with Crippen LogP contribution >= 0.6 is 11.6 Å². The maximum Gasteiger partial charge on any atom is 0.221 e. The zero-order chi connectivity index (χ0) is 16.8. The average Bonchev–Trinajstić information content (AvgIpc) is 2.62. The summed E-state index contributed by atoms with van der Waals surface area (Å²) in [6.07, 6.45) is 2.22. The van der Waals surface area contributed by atoms with Crippen LogP contribution in [0.25, 0.3) is 0 Å². The fourth-order valence-corrected chi connectivity index (χ4v) is 3.65. The first-order valence-corrected chi connectivity index (χ1v) is 8.97. The molecule has 0 aromatic heterocycles. The summed E-state index contributed by atoms with van der Waals surface area (Å²) in [5.41, 5.74) is 1.08. The van der Waals surface area contributed by atoms with Gasteiger partial charge in [0.2, 0.25) is 5.91 Å². The van der Waals surface area contributed by atoms with Gasteiger partial charge in [0, 0.05) is 49.2 Å². The van der Waals surface area contributed by atoms with E-state index in [1.54, 1.807) is 0 Å². The molecular weight excluding hydrogens is 328 g/mol. The molecule has 1 aromatic carbocycles. The van der Waals surface area contributed by atoms with Crippen LogP contribution < -0.4 is 10.6 Å². The minimum atomic E-state index is -0.102. The van der Waals surface area contributed by atoms with Crippen LogP contribution in [0.5, 0.6) is 0 Å². The van der Waals surface area contributed by atoms with Crippen LogP contribution in [0.1, 0.15) is 24.8 Å². The highest BCUT2D eigenvalue weighted by Gasteiger charge is 2.35. The van der Waals surface area contributed by atoms with E-state index in [0.717, 1.165) is 31.0 Å². The van der Waals surface area contributed by atoms with Crippen molar-refractivity contribution in [2.24, 2.45) is 0 Å².